The molecular formula is C16H24N2O3. The number of rotatable bonds is 6. The largest absolute Gasteiger partial charge is 0.496 e. The number of carbonyl (C=O) groups excluding carboxylic acids is 2. The maximum atomic E-state index is 12.3. The zero-order valence-electron chi connectivity index (χ0n) is 13.3. The second-order valence-electron chi connectivity index (χ2n) is 5.39. The van der Waals surface area contributed by atoms with Crippen molar-refractivity contribution in [3.05, 3.63) is 29.8 Å². The first-order chi connectivity index (χ1) is 9.86. The van der Waals surface area contributed by atoms with Gasteiger partial charge in [0.05, 0.1) is 13.2 Å². The molecule has 0 radical (unpaired) electrons. The molecule has 0 bridgehead atoms. The molecule has 0 saturated carbocycles. The van der Waals surface area contributed by atoms with Crippen LogP contribution < -0.4 is 15.4 Å². The van der Waals surface area contributed by atoms with Gasteiger partial charge in [-0.2, -0.15) is 0 Å². The van der Waals surface area contributed by atoms with Gasteiger partial charge in [-0.1, -0.05) is 32.0 Å². The van der Waals surface area contributed by atoms with Gasteiger partial charge in [-0.3, -0.25) is 9.59 Å². The van der Waals surface area contributed by atoms with Crippen LogP contribution in [-0.4, -0.2) is 25.0 Å². The number of amides is 2. The summed E-state index contributed by atoms with van der Waals surface area (Å²) in [6.07, 6.45) is 0. The lowest BCUT2D eigenvalue weighted by Gasteiger charge is -2.24. The SMILES string of the molecule is COc1ccccc1C(C)NC(=O)C(NC(C)=O)C(C)C. The van der Waals surface area contributed by atoms with E-state index in [2.05, 4.69) is 10.6 Å². The van der Waals surface area contributed by atoms with Crippen LogP contribution >= 0.6 is 0 Å². The summed E-state index contributed by atoms with van der Waals surface area (Å²) in [5, 5.41) is 5.61. The number of ether oxygens (including phenoxy) is 1. The van der Waals surface area contributed by atoms with Crippen LogP contribution in [-0.2, 0) is 9.59 Å². The minimum absolute atomic E-state index is 0.0127. The number of para-hydroxylation sites is 1. The molecule has 0 saturated heterocycles. The number of methoxy groups -OCH3 is 1. The molecule has 0 fully saturated rings. The summed E-state index contributed by atoms with van der Waals surface area (Å²) in [4.78, 5) is 23.5. The van der Waals surface area contributed by atoms with Gasteiger partial charge >= 0.3 is 0 Å². The molecule has 116 valence electrons. The maximum absolute atomic E-state index is 12.3. The lowest BCUT2D eigenvalue weighted by atomic mass is 10.0. The predicted molar refractivity (Wildman–Crippen MR) is 82.0 cm³/mol. The summed E-state index contributed by atoms with van der Waals surface area (Å²) in [6, 6.07) is 6.79. The van der Waals surface area contributed by atoms with Crippen molar-refractivity contribution in [2.75, 3.05) is 7.11 Å². The van der Waals surface area contributed by atoms with Gasteiger partial charge in [-0.25, -0.2) is 0 Å². The number of carbonyl (C=O) groups is 2. The number of hydrogen-bond acceptors (Lipinski definition) is 3. The van der Waals surface area contributed by atoms with E-state index in [-0.39, 0.29) is 23.8 Å². The molecule has 1 aromatic carbocycles. The summed E-state index contributed by atoms with van der Waals surface area (Å²) in [5.41, 5.74) is 0.902. The molecule has 5 nitrogen and oxygen atoms in total. The van der Waals surface area contributed by atoms with Gasteiger partial charge in [-0.05, 0) is 18.9 Å². The number of nitrogens with one attached hydrogen (secondary N) is 2. The maximum Gasteiger partial charge on any atom is 0.243 e. The van der Waals surface area contributed by atoms with E-state index in [0.717, 1.165) is 11.3 Å². The Morgan fingerprint density at radius 3 is 2.24 bits per heavy atom. The van der Waals surface area contributed by atoms with Crippen LogP contribution in [0.1, 0.15) is 39.3 Å². The van der Waals surface area contributed by atoms with Crippen molar-refractivity contribution >= 4 is 11.8 Å². The third-order valence-electron chi connectivity index (χ3n) is 3.27. The van der Waals surface area contributed by atoms with Crippen LogP contribution in [0.2, 0.25) is 0 Å². The van der Waals surface area contributed by atoms with Gasteiger partial charge < -0.3 is 15.4 Å². The molecule has 2 N–H and O–H groups in total. The molecule has 5 heteroatoms. The van der Waals surface area contributed by atoms with Crippen molar-refractivity contribution in [2.24, 2.45) is 5.92 Å². The third-order valence-corrected chi connectivity index (χ3v) is 3.27. The smallest absolute Gasteiger partial charge is 0.243 e. The lowest BCUT2D eigenvalue weighted by Crippen LogP contribution is -2.49. The number of benzene rings is 1. The molecule has 0 aromatic heterocycles. The Morgan fingerprint density at radius 1 is 1.10 bits per heavy atom. The normalized spacial score (nSPS) is 13.4. The first kappa shape index (κ1) is 17.0. The molecule has 0 aliphatic heterocycles. The van der Waals surface area contributed by atoms with Gasteiger partial charge in [0.1, 0.15) is 11.8 Å². The van der Waals surface area contributed by atoms with Crippen molar-refractivity contribution in [3.8, 4) is 5.75 Å². The highest BCUT2D eigenvalue weighted by atomic mass is 16.5. The summed E-state index contributed by atoms with van der Waals surface area (Å²) in [6.45, 7) is 7.09. The summed E-state index contributed by atoms with van der Waals surface area (Å²) in [5.74, 6) is 0.331. The Labute approximate surface area is 126 Å². The highest BCUT2D eigenvalue weighted by Gasteiger charge is 2.25. The molecule has 0 spiro atoms. The quantitative estimate of drug-likeness (QED) is 0.843. The van der Waals surface area contributed by atoms with Gasteiger partial charge in [0.15, 0.2) is 0 Å². The van der Waals surface area contributed by atoms with Gasteiger partial charge in [-0.15, -0.1) is 0 Å². The molecule has 2 amide bonds. The van der Waals surface area contributed by atoms with E-state index in [1.807, 2.05) is 45.0 Å². The van der Waals surface area contributed by atoms with Crippen molar-refractivity contribution in [1.82, 2.24) is 10.6 Å². The van der Waals surface area contributed by atoms with Gasteiger partial charge in [0.2, 0.25) is 11.8 Å². The van der Waals surface area contributed by atoms with Gasteiger partial charge in [0.25, 0.3) is 0 Å². The second kappa shape index (κ2) is 7.67. The minimum Gasteiger partial charge on any atom is -0.496 e. The summed E-state index contributed by atoms with van der Waals surface area (Å²) in [7, 11) is 1.60. The van der Waals surface area contributed by atoms with E-state index in [9.17, 15) is 9.59 Å². The number of hydrogen-bond donors (Lipinski definition) is 2. The minimum atomic E-state index is -0.542. The molecule has 2 unspecified atom stereocenters. The second-order valence-corrected chi connectivity index (χ2v) is 5.39. The molecule has 2 atom stereocenters. The predicted octanol–water partition coefficient (Wildman–Crippen LogP) is 2.03. The van der Waals surface area contributed by atoms with Crippen LogP contribution in [0.25, 0.3) is 0 Å². The summed E-state index contributed by atoms with van der Waals surface area (Å²) >= 11 is 0. The highest BCUT2D eigenvalue weighted by Crippen LogP contribution is 2.24. The first-order valence-electron chi connectivity index (χ1n) is 7.07. The Morgan fingerprint density at radius 2 is 1.71 bits per heavy atom. The summed E-state index contributed by atoms with van der Waals surface area (Å²) < 4.78 is 5.30. The molecule has 0 aliphatic rings. The average molecular weight is 292 g/mol. The molecule has 1 rings (SSSR count). The fraction of sp³-hybridized carbons (Fsp3) is 0.500. The monoisotopic (exact) mass is 292 g/mol. The highest BCUT2D eigenvalue weighted by molar-refractivity contribution is 5.87. The molecule has 0 heterocycles. The van der Waals surface area contributed by atoms with E-state index in [1.54, 1.807) is 7.11 Å². The van der Waals surface area contributed by atoms with Crippen molar-refractivity contribution < 1.29 is 14.3 Å². The van der Waals surface area contributed by atoms with E-state index in [1.165, 1.54) is 6.92 Å². The van der Waals surface area contributed by atoms with Crippen LogP contribution in [0.15, 0.2) is 24.3 Å². The van der Waals surface area contributed by atoms with Crippen LogP contribution in [0, 0.1) is 5.92 Å². The molecule has 0 aliphatic carbocycles. The molecule has 21 heavy (non-hydrogen) atoms. The zero-order valence-corrected chi connectivity index (χ0v) is 13.3. The molecule has 1 aromatic rings. The lowest BCUT2D eigenvalue weighted by molar-refractivity contribution is -0.129. The van der Waals surface area contributed by atoms with E-state index < -0.39 is 6.04 Å². The van der Waals surface area contributed by atoms with Crippen molar-refractivity contribution in [3.63, 3.8) is 0 Å². The first-order valence-corrected chi connectivity index (χ1v) is 7.07. The Balaban J connectivity index is 2.82. The van der Waals surface area contributed by atoms with E-state index in [4.69, 9.17) is 4.74 Å². The van der Waals surface area contributed by atoms with Crippen LogP contribution in [0.5, 0.6) is 5.75 Å². The topological polar surface area (TPSA) is 67.4 Å². The Hall–Kier alpha value is -2.04. The van der Waals surface area contributed by atoms with Crippen molar-refractivity contribution in [1.29, 1.82) is 0 Å². The standard InChI is InChI=1S/C16H24N2O3/c1-10(2)15(18-12(4)19)16(20)17-11(3)13-8-6-7-9-14(13)21-5/h6-11,15H,1-5H3,(H,17,20)(H,18,19). The fourth-order valence-electron chi connectivity index (χ4n) is 2.16. The van der Waals surface area contributed by atoms with Crippen LogP contribution in [0.4, 0.5) is 0 Å². The van der Waals surface area contributed by atoms with Crippen molar-refractivity contribution in [2.45, 2.75) is 39.8 Å². The fourth-order valence-corrected chi connectivity index (χ4v) is 2.16. The zero-order chi connectivity index (χ0) is 16.0. The van der Waals surface area contributed by atoms with Crippen LogP contribution in [0.3, 0.4) is 0 Å². The molecular weight excluding hydrogens is 268 g/mol. The third kappa shape index (κ3) is 4.77. The Bertz CT molecular complexity index is 500. The van der Waals surface area contributed by atoms with E-state index >= 15 is 0 Å². The van der Waals surface area contributed by atoms with Gasteiger partial charge in [0, 0.05) is 12.5 Å². The average Bonchev–Trinajstić information content (AvgIpc) is 2.43. The van der Waals surface area contributed by atoms with E-state index in [0.29, 0.717) is 0 Å². The Kier molecular flexibility index (Phi) is 6.21.